The highest BCUT2D eigenvalue weighted by Crippen LogP contribution is 2.36. The lowest BCUT2D eigenvalue weighted by atomic mass is 10.1. The Labute approximate surface area is 192 Å². The Morgan fingerprint density at radius 2 is 1.94 bits per heavy atom. The minimum Gasteiger partial charge on any atom is -0.396 e. The van der Waals surface area contributed by atoms with Crippen molar-refractivity contribution in [3.8, 4) is 6.07 Å². The van der Waals surface area contributed by atoms with Crippen LogP contribution in [0.3, 0.4) is 0 Å². The highest BCUT2D eigenvalue weighted by Gasteiger charge is 2.27. The Hall–Kier alpha value is -2.51. The van der Waals surface area contributed by atoms with Crippen LogP contribution in [0.4, 0.5) is 11.5 Å². The molecule has 8 nitrogen and oxygen atoms in total. The van der Waals surface area contributed by atoms with E-state index in [0.717, 1.165) is 47.0 Å². The zero-order chi connectivity index (χ0) is 23.3. The molecule has 170 valence electrons. The second kappa shape index (κ2) is 10.4. The van der Waals surface area contributed by atoms with Crippen LogP contribution in [0.15, 0.2) is 29.3 Å². The van der Waals surface area contributed by atoms with Crippen LogP contribution in [0.1, 0.15) is 55.8 Å². The van der Waals surface area contributed by atoms with Crippen LogP contribution in [0, 0.1) is 24.2 Å². The molecule has 0 bridgehead atoms. The normalized spacial score (nSPS) is 19.8. The third-order valence-corrected chi connectivity index (χ3v) is 6.15. The molecule has 4 rings (SSSR count). The number of hydrogen-bond donors (Lipinski definition) is 4. The summed E-state index contributed by atoms with van der Waals surface area (Å²) < 4.78 is 0. The van der Waals surface area contributed by atoms with E-state index in [-0.39, 0.29) is 18.5 Å². The molecule has 2 unspecified atom stereocenters. The smallest absolute Gasteiger partial charge is 0.234 e. The average Bonchev–Trinajstić information content (AvgIpc) is 3.19. The van der Waals surface area contributed by atoms with Gasteiger partial charge < -0.3 is 20.6 Å². The number of fused-ring (bicyclic) bond motifs is 1. The quantitative estimate of drug-likeness (QED) is 0.516. The van der Waals surface area contributed by atoms with Crippen molar-refractivity contribution in [2.24, 2.45) is 10.9 Å². The largest absolute Gasteiger partial charge is 0.396 e. The van der Waals surface area contributed by atoms with Crippen LogP contribution < -0.4 is 5.32 Å². The van der Waals surface area contributed by atoms with E-state index in [9.17, 15) is 10.4 Å². The minimum absolute atomic E-state index is 0.164. The van der Waals surface area contributed by atoms with Gasteiger partial charge in [-0.05, 0) is 57.6 Å². The van der Waals surface area contributed by atoms with Crippen molar-refractivity contribution >= 4 is 28.3 Å². The summed E-state index contributed by atoms with van der Waals surface area (Å²) >= 11 is 1.67. The molecule has 9 heteroatoms. The number of anilines is 1. The molecule has 32 heavy (non-hydrogen) atoms. The lowest BCUT2D eigenvalue weighted by Gasteiger charge is -2.21. The van der Waals surface area contributed by atoms with Crippen molar-refractivity contribution in [3.63, 3.8) is 0 Å². The molecule has 2 aliphatic rings. The topological polar surface area (TPSA) is 135 Å². The van der Waals surface area contributed by atoms with E-state index >= 15 is 0 Å². The van der Waals surface area contributed by atoms with E-state index in [2.05, 4.69) is 21.4 Å². The fraction of sp³-hybridized carbons (Fsp3) is 0.478. The summed E-state index contributed by atoms with van der Waals surface area (Å²) in [7, 11) is 0. The number of nitrogens with one attached hydrogen (secondary N) is 1. The standard InChI is InChI=1S/C20H21N5OS.C3H8O2/c1-12-18(20-24-16-5-3-2-4-14(16)11-27-20)19(25-17(9-21)22-12)23-15-7-6-13(8-15)10-26;1-3(2,4)5/h2-5,13,15,26H,6-8,10-11H2,1H3,(H,22,23,25);4-5H,1-2H3. The van der Waals surface area contributed by atoms with Gasteiger partial charge in [0, 0.05) is 18.4 Å². The van der Waals surface area contributed by atoms with Gasteiger partial charge in [-0.1, -0.05) is 18.2 Å². The number of nitrogens with zero attached hydrogens (tertiary/aromatic N) is 4. The van der Waals surface area contributed by atoms with Gasteiger partial charge in [-0.3, -0.25) is 0 Å². The van der Waals surface area contributed by atoms with E-state index in [1.54, 1.807) is 11.8 Å². The second-order valence-electron chi connectivity index (χ2n) is 8.50. The van der Waals surface area contributed by atoms with Crippen molar-refractivity contribution in [2.75, 3.05) is 11.9 Å². The molecule has 1 aromatic heterocycles. The van der Waals surface area contributed by atoms with E-state index in [4.69, 9.17) is 15.2 Å². The number of benzene rings is 1. The van der Waals surface area contributed by atoms with Crippen LogP contribution in [0.25, 0.3) is 0 Å². The molecule has 4 N–H and O–H groups in total. The fourth-order valence-electron chi connectivity index (χ4n) is 3.71. The fourth-order valence-corrected chi connectivity index (χ4v) is 4.79. The Morgan fingerprint density at radius 3 is 2.59 bits per heavy atom. The third kappa shape index (κ3) is 6.50. The Bertz CT molecular complexity index is 1020. The first-order valence-corrected chi connectivity index (χ1v) is 11.6. The van der Waals surface area contributed by atoms with Crippen LogP contribution in [0.2, 0.25) is 0 Å². The third-order valence-electron chi connectivity index (χ3n) is 5.12. The maximum atomic E-state index is 9.41. The zero-order valence-corrected chi connectivity index (χ0v) is 19.4. The maximum absolute atomic E-state index is 9.41. The number of nitriles is 1. The van der Waals surface area contributed by atoms with Crippen molar-refractivity contribution < 1.29 is 15.3 Å². The number of rotatable bonds is 4. The van der Waals surface area contributed by atoms with Crippen LogP contribution in [0.5, 0.6) is 0 Å². The molecular weight excluding hydrogens is 426 g/mol. The van der Waals surface area contributed by atoms with Crippen LogP contribution >= 0.6 is 11.8 Å². The van der Waals surface area contributed by atoms with Crippen molar-refractivity contribution in [2.45, 2.75) is 57.6 Å². The molecule has 1 aliphatic carbocycles. The van der Waals surface area contributed by atoms with Gasteiger partial charge in [0.1, 0.15) is 16.9 Å². The summed E-state index contributed by atoms with van der Waals surface area (Å²) in [5.41, 5.74) is 3.82. The van der Waals surface area contributed by atoms with E-state index in [1.165, 1.54) is 19.4 Å². The van der Waals surface area contributed by atoms with E-state index in [1.807, 2.05) is 31.2 Å². The first kappa shape index (κ1) is 24.1. The number of aliphatic hydroxyl groups excluding tert-OH is 1. The highest BCUT2D eigenvalue weighted by atomic mass is 32.2. The van der Waals surface area contributed by atoms with E-state index in [0.29, 0.717) is 11.7 Å². The molecule has 0 radical (unpaired) electrons. The van der Waals surface area contributed by atoms with Gasteiger partial charge in [0.15, 0.2) is 5.79 Å². The number of aliphatic hydroxyl groups is 3. The minimum atomic E-state index is -1.50. The molecule has 0 spiro atoms. The molecule has 1 aromatic carbocycles. The summed E-state index contributed by atoms with van der Waals surface area (Å²) in [6.07, 6.45) is 2.89. The second-order valence-corrected chi connectivity index (χ2v) is 9.46. The first-order chi connectivity index (χ1) is 15.2. The number of hydrogen-bond acceptors (Lipinski definition) is 9. The Kier molecular flexibility index (Phi) is 7.85. The first-order valence-electron chi connectivity index (χ1n) is 10.6. The summed E-state index contributed by atoms with van der Waals surface area (Å²) in [5, 5.41) is 39.2. The summed E-state index contributed by atoms with van der Waals surface area (Å²) in [6.45, 7) is 4.72. The number of para-hydroxylation sites is 1. The van der Waals surface area contributed by atoms with Crippen molar-refractivity contribution in [3.05, 3.63) is 46.9 Å². The SMILES string of the molecule is CC(C)(O)O.Cc1nc(C#N)nc(NC2CCC(CO)C2)c1C1=Nc2ccccc2CS1. The van der Waals surface area contributed by atoms with Gasteiger partial charge in [0.05, 0.1) is 16.9 Å². The maximum Gasteiger partial charge on any atom is 0.234 e. The van der Waals surface area contributed by atoms with Crippen LogP contribution in [-0.2, 0) is 5.75 Å². The molecule has 2 heterocycles. The molecule has 1 aliphatic heterocycles. The molecule has 0 amide bonds. The lowest BCUT2D eigenvalue weighted by Crippen LogP contribution is -2.21. The molecule has 2 aromatic rings. The number of thioether (sulfide) groups is 1. The number of aromatic nitrogens is 2. The van der Waals surface area contributed by atoms with E-state index < -0.39 is 5.79 Å². The van der Waals surface area contributed by atoms with Gasteiger partial charge in [-0.2, -0.15) is 5.26 Å². The van der Waals surface area contributed by atoms with Gasteiger partial charge in [-0.25, -0.2) is 15.0 Å². The van der Waals surface area contributed by atoms with Gasteiger partial charge >= 0.3 is 0 Å². The highest BCUT2D eigenvalue weighted by molar-refractivity contribution is 8.13. The van der Waals surface area contributed by atoms with Crippen LogP contribution in [-0.4, -0.2) is 48.8 Å². The zero-order valence-electron chi connectivity index (χ0n) is 18.5. The molecule has 1 fully saturated rings. The summed E-state index contributed by atoms with van der Waals surface area (Å²) in [4.78, 5) is 13.6. The molecule has 2 atom stereocenters. The predicted octanol–water partition coefficient (Wildman–Crippen LogP) is 3.26. The van der Waals surface area contributed by atoms with Gasteiger partial charge in [-0.15, -0.1) is 11.8 Å². The monoisotopic (exact) mass is 455 g/mol. The average molecular weight is 456 g/mol. The van der Waals surface area contributed by atoms with Gasteiger partial charge in [0.25, 0.3) is 0 Å². The van der Waals surface area contributed by atoms with Crippen molar-refractivity contribution in [1.82, 2.24) is 9.97 Å². The molecule has 1 saturated carbocycles. The molecule has 0 saturated heterocycles. The Balaban J connectivity index is 0.000000523. The number of aliphatic imine (C=N–C) groups is 1. The predicted molar refractivity (Wildman–Crippen MR) is 126 cm³/mol. The summed E-state index contributed by atoms with van der Waals surface area (Å²) in [5.74, 6) is 0.521. The molecular formula is C23H29N5O3S. The summed E-state index contributed by atoms with van der Waals surface area (Å²) in [6, 6.07) is 10.4. The lowest BCUT2D eigenvalue weighted by molar-refractivity contribution is -0.127. The number of aryl methyl sites for hydroxylation is 1. The Morgan fingerprint density at radius 1 is 1.22 bits per heavy atom. The van der Waals surface area contributed by atoms with Crippen molar-refractivity contribution in [1.29, 1.82) is 5.26 Å². The van der Waals surface area contributed by atoms with Gasteiger partial charge in [0.2, 0.25) is 5.82 Å².